The van der Waals surface area contributed by atoms with Gasteiger partial charge in [-0.3, -0.25) is 99.0 Å². The van der Waals surface area contributed by atoms with Gasteiger partial charge in [0.2, 0.25) is 88.6 Å². The number of aromatic hydroxyl groups is 2. The van der Waals surface area contributed by atoms with Gasteiger partial charge >= 0.3 is 12.1 Å². The van der Waals surface area contributed by atoms with Gasteiger partial charge in [-0.1, -0.05) is 88.3 Å². The molecule has 148 heavy (non-hydrogen) atoms. The van der Waals surface area contributed by atoms with Crippen LogP contribution in [0.4, 0.5) is 9.59 Å². The molecule has 6 rings (SSSR count). The molecule has 0 aliphatic carbocycles. The molecule has 2 fully saturated rings. The highest BCUT2D eigenvalue weighted by molar-refractivity contribution is 8.76. The number of hydrogen-bond donors (Lipinski definition) is 36. The van der Waals surface area contributed by atoms with Crippen LogP contribution in [0.5, 0.6) is 11.5 Å². The van der Waals surface area contributed by atoms with Crippen molar-refractivity contribution in [3.63, 3.8) is 0 Å². The maximum Gasteiger partial charge on any atom is 0.312 e. The molecule has 45 N–H and O–H groups in total. The van der Waals surface area contributed by atoms with E-state index in [-0.39, 0.29) is 197 Å². The van der Waals surface area contributed by atoms with E-state index >= 15 is 57.5 Å². The Bertz CT molecular complexity index is 5230. The first-order valence-electron chi connectivity index (χ1n) is 48.4. The predicted molar refractivity (Wildman–Crippen MR) is 553 cm³/mol. The smallest absolute Gasteiger partial charge is 0.312 e. The van der Waals surface area contributed by atoms with E-state index in [1.54, 1.807) is 36.4 Å². The Morgan fingerprint density at radius 2 is 0.777 bits per heavy atom. The molecule has 2 saturated heterocycles. The third-order valence-corrected chi connectivity index (χ3v) is 25.9. The number of urea groups is 2. The number of carbonyl (C=O) groups excluding carboxylic acids is 17. The van der Waals surface area contributed by atoms with Crippen LogP contribution in [-0.2, 0) is 91.2 Å². The van der Waals surface area contributed by atoms with Gasteiger partial charge in [0.1, 0.15) is 96.1 Å². The fourth-order valence-electron chi connectivity index (χ4n) is 15.9. The molecule has 4 aromatic rings. The molecule has 54 nitrogen and oxygen atoms in total. The van der Waals surface area contributed by atoms with E-state index in [1.807, 2.05) is 6.07 Å². The summed E-state index contributed by atoms with van der Waals surface area (Å²) in [6, 6.07) is -2.20. The van der Waals surface area contributed by atoms with E-state index in [9.17, 15) is 34.2 Å². The number of hydrogen-bond acceptors (Lipinski definition) is 27. The van der Waals surface area contributed by atoms with Crippen molar-refractivity contribution < 1.29 is 91.7 Å². The Morgan fingerprint density at radius 3 is 1.22 bits per heavy atom. The molecule has 56 heteroatoms. The molecule has 4 aromatic carbocycles. The maximum absolute atomic E-state index is 16.1. The van der Waals surface area contributed by atoms with Crippen LogP contribution in [0, 0.1) is 27.0 Å². The third-order valence-electron chi connectivity index (χ3n) is 23.5. The van der Waals surface area contributed by atoms with E-state index in [2.05, 4.69) is 106 Å². The largest absolute Gasteiger partial charge is 0.508 e. The lowest BCUT2D eigenvalue weighted by atomic mass is 10.00. The number of primary amides is 3. The molecule has 0 bridgehead atoms. The zero-order valence-electron chi connectivity index (χ0n) is 82.4. The first-order chi connectivity index (χ1) is 70.5. The van der Waals surface area contributed by atoms with Crippen molar-refractivity contribution in [3.05, 3.63) is 108 Å². The van der Waals surface area contributed by atoms with Gasteiger partial charge in [0.15, 0.2) is 29.8 Å². The number of rotatable bonds is 48. The Balaban J connectivity index is 1.64. The summed E-state index contributed by atoms with van der Waals surface area (Å²) in [5.74, 6) is -19.2. The van der Waals surface area contributed by atoms with Crippen molar-refractivity contribution in [2.75, 3.05) is 70.4 Å². The van der Waals surface area contributed by atoms with Gasteiger partial charge in [0.05, 0.1) is 0 Å². The van der Waals surface area contributed by atoms with Crippen LogP contribution in [0.1, 0.15) is 146 Å². The number of benzene rings is 4. The molecule has 0 unspecified atom stereocenters. The van der Waals surface area contributed by atoms with Gasteiger partial charge in [0, 0.05) is 90.0 Å². The summed E-state index contributed by atoms with van der Waals surface area (Å²) in [6.45, 7) is 0.595. The number of nitrogens with two attached hydrogens (primary N) is 9. The van der Waals surface area contributed by atoms with Crippen molar-refractivity contribution in [1.29, 1.82) is 27.0 Å². The highest BCUT2D eigenvalue weighted by Gasteiger charge is 2.43. The minimum Gasteiger partial charge on any atom is -0.508 e. The molecule has 0 aromatic heterocycles. The number of phenolic OH excluding ortho intramolecular Hbond substituents is 2. The number of guanidine groups is 5. The van der Waals surface area contributed by atoms with E-state index in [0.717, 1.165) is 33.9 Å². The minimum absolute atomic E-state index is 0.00965. The fourth-order valence-corrected chi connectivity index (χ4v) is 18.2. The van der Waals surface area contributed by atoms with Gasteiger partial charge in [-0.25, -0.2) is 9.59 Å². The van der Waals surface area contributed by atoms with Crippen LogP contribution in [-0.4, -0.2) is 301 Å². The van der Waals surface area contributed by atoms with Crippen LogP contribution < -0.4 is 158 Å². The monoisotopic (exact) mass is 2110 g/mol. The lowest BCUT2D eigenvalue weighted by Crippen LogP contribution is -2.61. The lowest BCUT2D eigenvalue weighted by molar-refractivity contribution is -0.142. The van der Waals surface area contributed by atoms with Gasteiger partial charge in [0.25, 0.3) is 0 Å². The maximum atomic E-state index is 16.1. The number of nitrogens with one attached hydrogen (secondary N) is 25. The third kappa shape index (κ3) is 45.3. The van der Waals surface area contributed by atoms with Crippen LogP contribution in [0.25, 0.3) is 10.8 Å². The zero-order valence-corrected chi connectivity index (χ0v) is 84.0. The summed E-state index contributed by atoms with van der Waals surface area (Å²) in [5, 5.41) is 114. The number of phenols is 2. The first-order valence-corrected chi connectivity index (χ1v) is 50.9. The number of unbranched alkanes of at least 4 members (excludes halogenated alkanes) is 1. The summed E-state index contributed by atoms with van der Waals surface area (Å²) in [4.78, 5) is 252. The topological polar surface area (TPSA) is 928 Å². The van der Waals surface area contributed by atoms with Crippen molar-refractivity contribution in [2.45, 2.75) is 233 Å². The summed E-state index contributed by atoms with van der Waals surface area (Å²) >= 11 is 0. The molecular weight excluding hydrogens is 1960 g/mol. The van der Waals surface area contributed by atoms with E-state index in [4.69, 9.17) is 78.6 Å². The van der Waals surface area contributed by atoms with Gasteiger partial charge in [-0.2, -0.15) is 0 Å². The van der Waals surface area contributed by atoms with Crippen molar-refractivity contribution in [1.82, 2.24) is 111 Å². The SMILES string of the molecule is CC(=O)N[C@@H](CCCNC(=N)N)C(=O)N[C@@H](CCCNC(=N)N)C(=O)N[C@@H](Cc1ccc2ccccc2c1)C(=O)N[C@H]1CSSC[C@@H](C(=O)N[C@@H](CCCNC(=N)N)C(N)=O)NC(=O)[C@H](CCCNC(N)=O)NC(=O)[C@H](CCCNC(=N)N)NC(=O)[C@H](Cc2ccc(O)cc2)NC(=O)[C@@H]2CCCN2C(=O)[C@@H](CCCCN)NC(=O)[C@H](CCCNC(=N)N)NC(=O)[C@H](CCCNC(N)=O)NC(=O)[C@H](Cc2ccc(O)cc2)NC1=O. The van der Waals surface area contributed by atoms with E-state index in [0.29, 0.717) is 22.9 Å². The molecule has 14 atom stereocenters. The predicted octanol–water partition coefficient (Wildman–Crippen LogP) is -7.19. The second-order valence-electron chi connectivity index (χ2n) is 35.3. The molecule has 2 aliphatic heterocycles. The summed E-state index contributed by atoms with van der Waals surface area (Å²) < 4.78 is 0. The van der Waals surface area contributed by atoms with Crippen molar-refractivity contribution >= 4 is 163 Å². The average Bonchev–Trinajstić information content (AvgIpc) is 1.49. The van der Waals surface area contributed by atoms with Crippen molar-refractivity contribution in [3.8, 4) is 11.5 Å². The second-order valence-corrected chi connectivity index (χ2v) is 37.9. The van der Waals surface area contributed by atoms with Crippen LogP contribution in [0.2, 0.25) is 0 Å². The number of nitrogens with zero attached hydrogens (tertiary/aromatic N) is 1. The molecule has 0 saturated carbocycles. The highest BCUT2D eigenvalue weighted by Crippen LogP contribution is 2.27. The zero-order chi connectivity index (χ0) is 109. The number of fused-ring (bicyclic) bond motifs is 2. The molecule has 0 spiro atoms. The number of amides is 19. The van der Waals surface area contributed by atoms with Gasteiger partial charge in [-0.05, 0) is 180 Å². The quantitative estimate of drug-likeness (QED) is 0.00845. The van der Waals surface area contributed by atoms with E-state index in [1.165, 1.54) is 53.4 Å². The molecule has 2 aliphatic rings. The minimum atomic E-state index is -1.95. The summed E-state index contributed by atoms with van der Waals surface area (Å²) in [5.41, 5.74) is 51.9. The Morgan fingerprint density at radius 1 is 0.399 bits per heavy atom. The average molecular weight is 2110 g/mol. The Labute approximate surface area is 862 Å². The first kappa shape index (κ1) is 121. The molecule has 812 valence electrons. The van der Waals surface area contributed by atoms with Crippen LogP contribution in [0.15, 0.2) is 91.0 Å². The van der Waals surface area contributed by atoms with E-state index < -0.39 is 240 Å². The summed E-state index contributed by atoms with van der Waals surface area (Å²) in [6.07, 6.45) is -2.75. The fraction of sp³-hybridized carbons (Fsp3) is 0.522. The Hall–Kier alpha value is -15.7. The second kappa shape index (κ2) is 64.3. The van der Waals surface area contributed by atoms with Crippen LogP contribution in [0.3, 0.4) is 0 Å². The number of carbonyl (C=O) groups is 17. The molecular formula is C92H143N35O19S2. The van der Waals surface area contributed by atoms with Gasteiger partial charge in [-0.15, -0.1) is 0 Å². The molecule has 2 heterocycles. The molecule has 19 amide bonds. The normalized spacial score (nSPS) is 19.8. The highest BCUT2D eigenvalue weighted by atomic mass is 33.1. The Kier molecular flexibility index (Phi) is 52.5. The van der Waals surface area contributed by atoms with Gasteiger partial charge < -0.3 is 173 Å². The summed E-state index contributed by atoms with van der Waals surface area (Å²) in [7, 11) is 1.46. The van der Waals surface area contributed by atoms with Crippen LogP contribution >= 0.6 is 21.6 Å². The molecule has 0 radical (unpaired) electrons. The lowest BCUT2D eigenvalue weighted by Gasteiger charge is -2.31. The standard InChI is InChI=1S/C92H143N35O19S2/c1-50(128)114-59(18-7-37-108-87(97)98)73(132)116-63(21-10-40-111-90(103)104)77(136)122-68(47-53-25-30-54-14-2-3-15-55(54)44-53)81(140)126-70-49-148-147-48-69(82(141)115-58(72(94)131)17-6-36-107-86(95)96)125-78(137)64(23-12-42-113-92(106)146)118-74(133)60(19-8-38-109-88(99)100)120-80(139)67(46-52-28-33-57(130)34-29-52)124-84(143)71-24-13-43-127(71)85(144)65(16-4-5-35-93)121-76(135)62(20-9-39-110-89(101)102)117-75(134)61(22-11-41-112-91(105)145)119-79(138)66(123-83(70)142)45-51-26-31-56(129)32-27-51/h2-3,14-15,25-34,44,58-71,129-130H,4-13,16-24,35-43,45-49,93H2,1H3,(H2,94,131)(H,114,128)(H,115,141)(H,116,132)(H,117,134)(H,118,133)(H,119,138)(H,120,139)(H,121,135)(H,122,136)(H,123,142)(H,124,143)(H,125,137)(H,126,140)(H4,95,96,107)(H4,97,98,108)(H4,99,100,109)(H4,101,102,110)(H4,103,104,111)(H3,105,112,145)(H3,106,113,146)/t58-,59-,60-,61-,62-,63-,64-,65+,66-,67-,68-,69-,70-,71-/m0/s1. The van der Waals surface area contributed by atoms with Crippen molar-refractivity contribution in [2.24, 2.45) is 51.6 Å².